The van der Waals surface area contributed by atoms with Crippen molar-refractivity contribution in [3.8, 4) is 0 Å². The standard InChI is InChI=1S/C18H20F2N2O3S/c19-14-6-5-13(17(20)9-14)8-16-2-1-7-22(16)26(23,24)11-15-10-18(25-21-15)12-3-4-12/h5-6,9-10,12,16H,1-4,7-8,11H2. The van der Waals surface area contributed by atoms with Gasteiger partial charge in [0.25, 0.3) is 0 Å². The zero-order valence-corrected chi connectivity index (χ0v) is 15.0. The fourth-order valence-electron chi connectivity index (χ4n) is 3.55. The van der Waals surface area contributed by atoms with Crippen LogP contribution in [0.3, 0.4) is 0 Å². The summed E-state index contributed by atoms with van der Waals surface area (Å²) in [5, 5.41) is 3.88. The van der Waals surface area contributed by atoms with Crippen LogP contribution in [0.2, 0.25) is 0 Å². The molecule has 0 amide bonds. The van der Waals surface area contributed by atoms with E-state index in [0.29, 0.717) is 30.1 Å². The van der Waals surface area contributed by atoms with E-state index in [4.69, 9.17) is 4.52 Å². The number of nitrogens with zero attached hydrogens (tertiary/aromatic N) is 2. The lowest BCUT2D eigenvalue weighted by Gasteiger charge is -2.24. The minimum Gasteiger partial charge on any atom is -0.361 e. The van der Waals surface area contributed by atoms with E-state index in [9.17, 15) is 17.2 Å². The number of hydrogen-bond donors (Lipinski definition) is 0. The van der Waals surface area contributed by atoms with Gasteiger partial charge in [-0.05, 0) is 43.7 Å². The quantitative estimate of drug-likeness (QED) is 0.768. The monoisotopic (exact) mass is 382 g/mol. The van der Waals surface area contributed by atoms with Gasteiger partial charge in [0, 0.05) is 30.6 Å². The van der Waals surface area contributed by atoms with Gasteiger partial charge in [-0.3, -0.25) is 0 Å². The summed E-state index contributed by atoms with van der Waals surface area (Å²) in [6.07, 6.45) is 3.72. The molecule has 2 aromatic rings. The van der Waals surface area contributed by atoms with Crippen molar-refractivity contribution in [1.29, 1.82) is 0 Å². The van der Waals surface area contributed by atoms with E-state index in [-0.39, 0.29) is 18.2 Å². The molecular formula is C18H20F2N2O3S. The van der Waals surface area contributed by atoms with E-state index in [1.54, 1.807) is 6.07 Å². The van der Waals surface area contributed by atoms with Crippen molar-refractivity contribution in [2.75, 3.05) is 6.54 Å². The third kappa shape index (κ3) is 3.66. The molecule has 1 aromatic carbocycles. The Kier molecular flexibility index (Phi) is 4.56. The molecule has 8 heteroatoms. The Hall–Kier alpha value is -1.80. The minimum absolute atomic E-state index is 0.217. The van der Waals surface area contributed by atoms with E-state index in [1.165, 1.54) is 16.4 Å². The number of hydrogen-bond acceptors (Lipinski definition) is 4. The molecule has 140 valence electrons. The van der Waals surface area contributed by atoms with Gasteiger partial charge in [-0.2, -0.15) is 4.31 Å². The second-order valence-electron chi connectivity index (χ2n) is 7.10. The van der Waals surface area contributed by atoms with Gasteiger partial charge in [0.15, 0.2) is 0 Å². The van der Waals surface area contributed by atoms with Crippen molar-refractivity contribution in [2.45, 2.75) is 49.8 Å². The smallest absolute Gasteiger partial charge is 0.220 e. The second kappa shape index (κ2) is 6.74. The maximum Gasteiger partial charge on any atom is 0.220 e. The van der Waals surface area contributed by atoms with Crippen LogP contribution in [0, 0.1) is 11.6 Å². The summed E-state index contributed by atoms with van der Waals surface area (Å²) in [4.78, 5) is 0. The van der Waals surface area contributed by atoms with Crippen LogP contribution >= 0.6 is 0 Å². The number of aromatic nitrogens is 1. The maximum absolute atomic E-state index is 13.9. The Morgan fingerprint density at radius 3 is 2.73 bits per heavy atom. The average Bonchev–Trinajstić information content (AvgIpc) is 3.13. The lowest BCUT2D eigenvalue weighted by Crippen LogP contribution is -2.37. The van der Waals surface area contributed by atoms with Gasteiger partial charge in [0.1, 0.15) is 28.8 Å². The molecule has 0 N–H and O–H groups in total. The van der Waals surface area contributed by atoms with Gasteiger partial charge in [-0.15, -0.1) is 0 Å². The van der Waals surface area contributed by atoms with Crippen molar-refractivity contribution >= 4 is 10.0 Å². The van der Waals surface area contributed by atoms with Crippen molar-refractivity contribution < 1.29 is 21.7 Å². The summed E-state index contributed by atoms with van der Waals surface area (Å²) in [5.74, 6) is -0.369. The van der Waals surface area contributed by atoms with Crippen molar-refractivity contribution in [3.63, 3.8) is 0 Å². The molecule has 0 radical (unpaired) electrons. The highest BCUT2D eigenvalue weighted by Gasteiger charge is 2.36. The number of halogens is 2. The molecule has 26 heavy (non-hydrogen) atoms. The summed E-state index contributed by atoms with van der Waals surface area (Å²) in [7, 11) is -3.58. The van der Waals surface area contributed by atoms with Gasteiger partial charge in [0.2, 0.25) is 10.0 Å². The van der Waals surface area contributed by atoms with Gasteiger partial charge in [-0.25, -0.2) is 17.2 Å². The minimum atomic E-state index is -3.58. The molecule has 2 fully saturated rings. The molecule has 1 aliphatic heterocycles. The Morgan fingerprint density at radius 2 is 2.00 bits per heavy atom. The van der Waals surface area contributed by atoms with E-state index >= 15 is 0 Å². The molecule has 0 spiro atoms. The van der Waals surface area contributed by atoms with Crippen LogP contribution < -0.4 is 0 Å². The third-order valence-corrected chi connectivity index (χ3v) is 6.89. The summed E-state index contributed by atoms with van der Waals surface area (Å²) >= 11 is 0. The van der Waals surface area contributed by atoms with Crippen LogP contribution in [0.5, 0.6) is 0 Å². The summed E-state index contributed by atoms with van der Waals surface area (Å²) in [6.45, 7) is 0.406. The molecule has 1 aromatic heterocycles. The zero-order valence-electron chi connectivity index (χ0n) is 14.2. The predicted octanol–water partition coefficient (Wildman–Crippen LogP) is 3.37. The van der Waals surface area contributed by atoms with Gasteiger partial charge in [0.05, 0.1) is 0 Å². The summed E-state index contributed by atoms with van der Waals surface area (Å²) in [5.41, 5.74) is 0.737. The van der Waals surface area contributed by atoms with Crippen LogP contribution in [0.4, 0.5) is 8.78 Å². The van der Waals surface area contributed by atoms with Crippen LogP contribution in [-0.4, -0.2) is 30.5 Å². The Morgan fingerprint density at radius 1 is 1.19 bits per heavy atom. The largest absolute Gasteiger partial charge is 0.361 e. The molecule has 2 aliphatic rings. The first-order chi connectivity index (χ1) is 12.4. The summed E-state index contributed by atoms with van der Waals surface area (Å²) < 4.78 is 59.3. The van der Waals surface area contributed by atoms with Crippen molar-refractivity contribution in [3.05, 3.63) is 52.9 Å². The normalized spacial score (nSPS) is 21.4. The predicted molar refractivity (Wildman–Crippen MR) is 90.9 cm³/mol. The maximum atomic E-state index is 13.9. The Balaban J connectivity index is 1.48. The average molecular weight is 382 g/mol. The highest BCUT2D eigenvalue weighted by molar-refractivity contribution is 7.88. The number of rotatable bonds is 6. The third-order valence-electron chi connectivity index (χ3n) is 5.04. The molecule has 1 unspecified atom stereocenters. The molecular weight excluding hydrogens is 362 g/mol. The molecule has 1 aliphatic carbocycles. The van der Waals surface area contributed by atoms with Crippen LogP contribution in [0.25, 0.3) is 0 Å². The van der Waals surface area contributed by atoms with Crippen molar-refractivity contribution in [1.82, 2.24) is 9.46 Å². The lowest BCUT2D eigenvalue weighted by atomic mass is 10.0. The van der Waals surface area contributed by atoms with Gasteiger partial charge >= 0.3 is 0 Å². The zero-order chi connectivity index (χ0) is 18.3. The molecule has 0 bridgehead atoms. The van der Waals surface area contributed by atoms with E-state index < -0.39 is 21.7 Å². The number of benzene rings is 1. The van der Waals surface area contributed by atoms with Crippen LogP contribution in [0.1, 0.15) is 48.6 Å². The topological polar surface area (TPSA) is 63.4 Å². The highest BCUT2D eigenvalue weighted by Crippen LogP contribution is 2.40. The molecule has 1 saturated heterocycles. The van der Waals surface area contributed by atoms with Gasteiger partial charge < -0.3 is 4.52 Å². The molecule has 2 heterocycles. The second-order valence-corrected chi connectivity index (χ2v) is 9.02. The summed E-state index contributed by atoms with van der Waals surface area (Å²) in [6, 6.07) is 4.81. The van der Waals surface area contributed by atoms with Gasteiger partial charge in [-0.1, -0.05) is 11.2 Å². The van der Waals surface area contributed by atoms with E-state index in [2.05, 4.69) is 5.16 Å². The van der Waals surface area contributed by atoms with E-state index in [0.717, 1.165) is 31.1 Å². The molecule has 1 saturated carbocycles. The van der Waals surface area contributed by atoms with Crippen LogP contribution in [-0.2, 0) is 22.2 Å². The lowest BCUT2D eigenvalue weighted by molar-refractivity contribution is 0.372. The fourth-order valence-corrected chi connectivity index (χ4v) is 5.26. The first-order valence-electron chi connectivity index (χ1n) is 8.81. The highest BCUT2D eigenvalue weighted by atomic mass is 32.2. The SMILES string of the molecule is O=S(=O)(Cc1cc(C2CC2)on1)N1CCCC1Cc1ccc(F)cc1F. The molecule has 5 nitrogen and oxygen atoms in total. The first-order valence-corrected chi connectivity index (χ1v) is 10.4. The molecule has 4 rings (SSSR count). The number of sulfonamides is 1. The Bertz CT molecular complexity index is 909. The first kappa shape index (κ1) is 17.6. The van der Waals surface area contributed by atoms with Crippen molar-refractivity contribution in [2.24, 2.45) is 0 Å². The van der Waals surface area contributed by atoms with Crippen LogP contribution in [0.15, 0.2) is 28.8 Å². The Labute approximate surface area is 151 Å². The fraction of sp³-hybridized carbons (Fsp3) is 0.500. The molecule has 1 atom stereocenters. The van der Waals surface area contributed by atoms with E-state index in [1.807, 2.05) is 0 Å².